The molecule has 0 radical (unpaired) electrons. The Labute approximate surface area is 171 Å². The largest absolute Gasteiger partial charge is 0.505 e. The average molecular weight is 416 g/mol. The maximum Gasteiger partial charge on any atom is 0.322 e. The fourth-order valence-corrected chi connectivity index (χ4v) is 2.77. The number of benzene rings is 1. The molecule has 0 fully saturated rings. The molecule has 3 rings (SSSR count). The lowest BCUT2D eigenvalue weighted by Crippen LogP contribution is -2.29. The maximum absolute atomic E-state index is 11.8. The van der Waals surface area contributed by atoms with Crippen LogP contribution in [0.1, 0.15) is 22.5 Å². The average Bonchev–Trinajstić information content (AvgIpc) is 3.16. The fraction of sp³-hybridized carbons (Fsp3) is 0.211. The number of rotatable bonds is 8. The Balaban J connectivity index is 1.60. The van der Waals surface area contributed by atoms with Crippen molar-refractivity contribution in [3.05, 3.63) is 59.0 Å². The van der Waals surface area contributed by atoms with Gasteiger partial charge in [0.1, 0.15) is 18.0 Å². The number of carbonyl (C=O) groups is 2. The van der Waals surface area contributed by atoms with Crippen molar-refractivity contribution in [3.63, 3.8) is 0 Å². The lowest BCUT2D eigenvalue weighted by molar-refractivity contribution is -0.135. The van der Waals surface area contributed by atoms with Gasteiger partial charge < -0.3 is 15.5 Å². The second-order valence-electron chi connectivity index (χ2n) is 6.27. The third-order valence-electron chi connectivity index (χ3n) is 4.08. The van der Waals surface area contributed by atoms with E-state index in [4.69, 9.17) is 16.7 Å². The van der Waals surface area contributed by atoms with Gasteiger partial charge in [-0.3, -0.25) is 14.3 Å². The van der Waals surface area contributed by atoms with Gasteiger partial charge >= 0.3 is 5.97 Å². The molecule has 0 spiro atoms. The lowest BCUT2D eigenvalue weighted by Gasteiger charge is -2.05. The highest BCUT2D eigenvalue weighted by Gasteiger charge is 2.16. The number of pyridine rings is 1. The molecule has 0 aliphatic heterocycles. The predicted octanol–water partition coefficient (Wildman–Crippen LogP) is 2.15. The van der Waals surface area contributed by atoms with Crippen molar-refractivity contribution in [2.45, 2.75) is 19.4 Å². The molecule has 0 aliphatic carbocycles. The molecule has 0 saturated carbocycles. The number of aryl methyl sites for hydroxylation is 2. The van der Waals surface area contributed by atoms with Crippen LogP contribution in [-0.4, -0.2) is 48.6 Å². The van der Waals surface area contributed by atoms with Gasteiger partial charge in [0.2, 0.25) is 0 Å². The van der Waals surface area contributed by atoms with Gasteiger partial charge in [0, 0.05) is 23.3 Å². The molecule has 1 aromatic carbocycles. The minimum atomic E-state index is -1.19. The third kappa shape index (κ3) is 5.52. The van der Waals surface area contributed by atoms with E-state index in [1.807, 2.05) is 24.3 Å². The summed E-state index contributed by atoms with van der Waals surface area (Å²) in [6, 6.07) is 9.02. The number of nitrogens with one attached hydrogen (secondary N) is 1. The second-order valence-corrected chi connectivity index (χ2v) is 6.70. The summed E-state index contributed by atoms with van der Waals surface area (Å²) in [5, 5.41) is 29.6. The Hall–Kier alpha value is -3.46. The van der Waals surface area contributed by atoms with Crippen LogP contribution >= 0.6 is 11.6 Å². The van der Waals surface area contributed by atoms with E-state index in [0.29, 0.717) is 22.8 Å². The van der Waals surface area contributed by atoms with Crippen molar-refractivity contribution in [3.8, 4) is 17.0 Å². The summed E-state index contributed by atoms with van der Waals surface area (Å²) in [4.78, 5) is 26.3. The minimum absolute atomic E-state index is 0.259. The molecule has 9 nitrogen and oxygen atoms in total. The Kier molecular flexibility index (Phi) is 6.40. The number of hydrogen-bond donors (Lipinski definition) is 3. The van der Waals surface area contributed by atoms with Crippen molar-refractivity contribution >= 4 is 23.5 Å². The van der Waals surface area contributed by atoms with E-state index in [0.717, 1.165) is 12.8 Å². The summed E-state index contributed by atoms with van der Waals surface area (Å²) in [7, 11) is 0. The second kappa shape index (κ2) is 9.16. The van der Waals surface area contributed by atoms with Gasteiger partial charge in [-0.1, -0.05) is 28.9 Å². The lowest BCUT2D eigenvalue weighted by atomic mass is 10.1. The van der Waals surface area contributed by atoms with Crippen LogP contribution in [0.4, 0.5) is 0 Å². The molecule has 3 N–H and O–H groups in total. The first-order valence-electron chi connectivity index (χ1n) is 8.76. The molecular formula is C19H18ClN5O4. The molecule has 29 heavy (non-hydrogen) atoms. The van der Waals surface area contributed by atoms with Crippen molar-refractivity contribution in [1.82, 2.24) is 25.3 Å². The monoisotopic (exact) mass is 415 g/mol. The van der Waals surface area contributed by atoms with Crippen LogP contribution in [0.15, 0.2) is 42.7 Å². The SMILES string of the molecule is O=C(O)CNC(=O)c1ncc(-c2cn(CCCc3ccc(Cl)cc3)nn2)cc1O. The number of carbonyl (C=O) groups excluding carboxylic acids is 1. The summed E-state index contributed by atoms with van der Waals surface area (Å²) in [6.07, 6.45) is 4.82. The summed E-state index contributed by atoms with van der Waals surface area (Å²) in [5.41, 5.74) is 1.91. The normalized spacial score (nSPS) is 10.7. The number of hydrogen-bond acceptors (Lipinski definition) is 6. The number of carboxylic acids is 1. The quantitative estimate of drug-likeness (QED) is 0.513. The molecular weight excluding hydrogens is 398 g/mol. The first kappa shape index (κ1) is 20.3. The topological polar surface area (TPSA) is 130 Å². The molecule has 2 heterocycles. The van der Waals surface area contributed by atoms with Gasteiger partial charge in [0.25, 0.3) is 5.91 Å². The highest BCUT2D eigenvalue weighted by Crippen LogP contribution is 2.23. The standard InChI is InChI=1S/C19H18ClN5O4/c20-14-5-3-12(4-6-14)2-1-7-25-11-15(23-24-25)13-8-16(26)18(21-9-13)19(29)22-10-17(27)28/h3-6,8-9,11,26H,1-2,7,10H2,(H,22,29)(H,27,28). The molecule has 0 unspecified atom stereocenters. The van der Waals surface area contributed by atoms with E-state index in [1.165, 1.54) is 17.8 Å². The zero-order chi connectivity index (χ0) is 20.8. The molecule has 0 aliphatic rings. The summed E-state index contributed by atoms with van der Waals surface area (Å²) in [5.74, 6) is -2.34. The molecule has 3 aromatic rings. The first-order valence-corrected chi connectivity index (χ1v) is 9.14. The predicted molar refractivity (Wildman–Crippen MR) is 105 cm³/mol. The Bertz CT molecular complexity index is 1020. The van der Waals surface area contributed by atoms with E-state index >= 15 is 0 Å². The van der Waals surface area contributed by atoms with Crippen molar-refractivity contribution in [2.75, 3.05) is 6.54 Å². The Morgan fingerprint density at radius 2 is 1.97 bits per heavy atom. The van der Waals surface area contributed by atoms with Gasteiger partial charge in [-0.15, -0.1) is 5.10 Å². The summed E-state index contributed by atoms with van der Waals surface area (Å²) >= 11 is 5.88. The number of aliphatic carboxylic acids is 1. The smallest absolute Gasteiger partial charge is 0.322 e. The van der Waals surface area contributed by atoms with Gasteiger partial charge in [0.05, 0.1) is 6.20 Å². The highest BCUT2D eigenvalue weighted by atomic mass is 35.5. The molecule has 0 bridgehead atoms. The minimum Gasteiger partial charge on any atom is -0.505 e. The van der Waals surface area contributed by atoms with Gasteiger partial charge in [-0.2, -0.15) is 0 Å². The van der Waals surface area contributed by atoms with Crippen LogP contribution in [-0.2, 0) is 17.8 Å². The maximum atomic E-state index is 11.8. The van der Waals surface area contributed by atoms with Crippen LogP contribution in [0.25, 0.3) is 11.3 Å². The van der Waals surface area contributed by atoms with Crippen LogP contribution in [0.5, 0.6) is 5.75 Å². The zero-order valence-corrected chi connectivity index (χ0v) is 16.0. The molecule has 1 amide bonds. The van der Waals surface area contributed by atoms with E-state index in [2.05, 4.69) is 20.6 Å². The van der Waals surface area contributed by atoms with Crippen molar-refractivity contribution < 1.29 is 19.8 Å². The molecule has 0 saturated heterocycles. The summed E-state index contributed by atoms with van der Waals surface area (Å²) in [6.45, 7) is 0.0940. The zero-order valence-electron chi connectivity index (χ0n) is 15.2. The van der Waals surface area contributed by atoms with E-state index in [9.17, 15) is 14.7 Å². The number of aromatic nitrogens is 4. The first-order chi connectivity index (χ1) is 13.9. The number of carboxylic acid groups (broad SMARTS) is 1. The van der Waals surface area contributed by atoms with Crippen molar-refractivity contribution in [1.29, 1.82) is 0 Å². The summed E-state index contributed by atoms with van der Waals surface area (Å²) < 4.78 is 1.69. The van der Waals surface area contributed by atoms with Crippen LogP contribution in [0.2, 0.25) is 5.02 Å². The number of aromatic hydroxyl groups is 1. The molecule has 0 atom stereocenters. The van der Waals surface area contributed by atoms with E-state index in [1.54, 1.807) is 10.9 Å². The van der Waals surface area contributed by atoms with E-state index in [-0.39, 0.29) is 11.4 Å². The number of nitrogens with zero attached hydrogens (tertiary/aromatic N) is 4. The van der Waals surface area contributed by atoms with Crippen LogP contribution in [0, 0.1) is 0 Å². The van der Waals surface area contributed by atoms with Crippen LogP contribution in [0.3, 0.4) is 0 Å². The van der Waals surface area contributed by atoms with Crippen LogP contribution < -0.4 is 5.32 Å². The fourth-order valence-electron chi connectivity index (χ4n) is 2.64. The van der Waals surface area contributed by atoms with Gasteiger partial charge in [0.15, 0.2) is 5.69 Å². The molecule has 10 heteroatoms. The number of amides is 1. The Morgan fingerprint density at radius 3 is 2.66 bits per heavy atom. The third-order valence-corrected chi connectivity index (χ3v) is 4.34. The highest BCUT2D eigenvalue weighted by molar-refractivity contribution is 6.30. The molecule has 2 aromatic heterocycles. The molecule has 150 valence electrons. The van der Waals surface area contributed by atoms with Gasteiger partial charge in [-0.25, -0.2) is 4.98 Å². The number of halogens is 1. The van der Waals surface area contributed by atoms with E-state index < -0.39 is 18.4 Å². The van der Waals surface area contributed by atoms with Crippen molar-refractivity contribution in [2.24, 2.45) is 0 Å². The van der Waals surface area contributed by atoms with Gasteiger partial charge in [-0.05, 0) is 36.6 Å². The Morgan fingerprint density at radius 1 is 1.21 bits per heavy atom.